The predicted octanol–water partition coefficient (Wildman–Crippen LogP) is 3.21. The van der Waals surface area contributed by atoms with Gasteiger partial charge in [0.05, 0.1) is 0 Å². The maximum absolute atomic E-state index is 12.3. The highest BCUT2D eigenvalue weighted by Crippen LogP contribution is 2.01. The van der Waals surface area contributed by atoms with Crippen LogP contribution in [0.5, 0.6) is 0 Å². The van der Waals surface area contributed by atoms with Crippen molar-refractivity contribution in [1.29, 1.82) is 0 Å². The van der Waals surface area contributed by atoms with Gasteiger partial charge in [-0.15, -0.1) is 0 Å². The van der Waals surface area contributed by atoms with Crippen LogP contribution in [0, 0.1) is 5.82 Å². The number of halogens is 1. The van der Waals surface area contributed by atoms with Crippen LogP contribution in [0.4, 0.5) is 4.39 Å². The molecule has 1 aromatic rings. The molecular formula is C11H20FN. The third kappa shape index (κ3) is 6.29. The molecule has 0 radical (unpaired) electrons. The Morgan fingerprint density at radius 3 is 2.08 bits per heavy atom. The summed E-state index contributed by atoms with van der Waals surface area (Å²) < 4.78 is 12.3. The van der Waals surface area contributed by atoms with Crippen LogP contribution in [-0.2, 0) is 6.54 Å². The van der Waals surface area contributed by atoms with Gasteiger partial charge in [0, 0.05) is 7.97 Å². The van der Waals surface area contributed by atoms with E-state index in [9.17, 15) is 4.39 Å². The molecular weight excluding hydrogens is 165 g/mol. The van der Waals surface area contributed by atoms with Gasteiger partial charge < -0.3 is 5.32 Å². The first kappa shape index (κ1) is 12.1. The maximum atomic E-state index is 12.3. The molecule has 2 heteroatoms. The molecule has 0 amide bonds. The van der Waals surface area contributed by atoms with Crippen LogP contribution in [0.1, 0.15) is 27.3 Å². The third-order valence-corrected chi connectivity index (χ3v) is 1.29. The molecule has 13 heavy (non-hydrogen) atoms. The molecule has 0 heterocycles. The van der Waals surface area contributed by atoms with Gasteiger partial charge >= 0.3 is 0 Å². The average molecular weight is 185 g/mol. The van der Waals surface area contributed by atoms with E-state index in [1.165, 1.54) is 18.6 Å². The molecule has 0 aliphatic rings. The van der Waals surface area contributed by atoms with Crippen molar-refractivity contribution in [3.05, 3.63) is 35.6 Å². The van der Waals surface area contributed by atoms with Crippen molar-refractivity contribution >= 4 is 0 Å². The van der Waals surface area contributed by atoms with E-state index in [0.29, 0.717) is 0 Å². The maximum Gasteiger partial charge on any atom is 0.123 e. The van der Waals surface area contributed by atoms with E-state index in [-0.39, 0.29) is 7.24 Å². The minimum atomic E-state index is -0.181. The lowest BCUT2D eigenvalue weighted by Gasteiger charge is -1.97. The molecule has 0 aliphatic heterocycles. The fourth-order valence-electron chi connectivity index (χ4n) is 0.806. The van der Waals surface area contributed by atoms with Crippen molar-refractivity contribution < 1.29 is 5.82 Å². The molecule has 1 N–H and O–H groups in total. The molecule has 0 bridgehead atoms. The fourth-order valence-corrected chi connectivity index (χ4v) is 0.806. The van der Waals surface area contributed by atoms with Gasteiger partial charge in [0.15, 0.2) is 0 Å². The Hall–Kier alpha value is -0.890. The van der Waals surface area contributed by atoms with Crippen LogP contribution in [0.3, 0.4) is 0 Å². The predicted molar refractivity (Wildman–Crippen MR) is 57.2 cm³/mol. The number of benzene rings is 1. The molecule has 0 aliphatic carbocycles. The monoisotopic (exact) mass is 185 g/mol. The first-order chi connectivity index (χ1) is 6.24. The minimum Gasteiger partial charge on any atom is -0.316 e. The van der Waals surface area contributed by atoms with Gasteiger partial charge in [-0.25, -0.2) is 4.39 Å². The second kappa shape index (κ2) is 7.74. The van der Waals surface area contributed by atoms with E-state index < -0.39 is 0 Å². The van der Waals surface area contributed by atoms with E-state index in [1.54, 1.807) is 12.1 Å². The summed E-state index contributed by atoms with van der Waals surface area (Å²) in [4.78, 5) is 0. The normalized spacial score (nSPS) is 8.92. The molecule has 76 valence electrons. The lowest BCUT2D eigenvalue weighted by Crippen LogP contribution is -2.04. The molecule has 1 aromatic carbocycles. The number of rotatable bonds is 2. The Kier molecular flexibility index (Phi) is 7.21. The summed E-state index contributed by atoms with van der Waals surface area (Å²) in [6.07, 6.45) is 1.25. The second-order valence-corrected chi connectivity index (χ2v) is 2.86. The standard InChI is InChI=1S/C8H10FN.C3H8.H2/c1-10-6-7-2-4-8(9)5-3-7;1-3-2;/h2-5,10H,6H2,1H3;3H2,1-2H3;1H. The van der Waals surface area contributed by atoms with Crippen LogP contribution in [0.2, 0.25) is 0 Å². The van der Waals surface area contributed by atoms with Crippen molar-refractivity contribution in [3.8, 4) is 0 Å². The smallest absolute Gasteiger partial charge is 0.123 e. The molecule has 0 atom stereocenters. The number of hydrogen-bond acceptors (Lipinski definition) is 1. The molecule has 0 spiro atoms. The topological polar surface area (TPSA) is 12.0 Å². The van der Waals surface area contributed by atoms with E-state index in [0.717, 1.165) is 12.1 Å². The van der Waals surface area contributed by atoms with Crippen LogP contribution in [0.15, 0.2) is 24.3 Å². The van der Waals surface area contributed by atoms with Crippen LogP contribution in [-0.4, -0.2) is 7.05 Å². The Labute approximate surface area is 81.5 Å². The Bertz CT molecular complexity index is 211. The van der Waals surface area contributed by atoms with Gasteiger partial charge in [-0.2, -0.15) is 0 Å². The summed E-state index contributed by atoms with van der Waals surface area (Å²) in [7, 11) is 1.86. The van der Waals surface area contributed by atoms with Crippen LogP contribution >= 0.6 is 0 Å². The largest absolute Gasteiger partial charge is 0.316 e. The molecule has 0 saturated carbocycles. The van der Waals surface area contributed by atoms with Crippen molar-refractivity contribution in [3.63, 3.8) is 0 Å². The van der Waals surface area contributed by atoms with E-state index in [1.807, 2.05) is 7.05 Å². The first-order valence-electron chi connectivity index (χ1n) is 4.63. The van der Waals surface area contributed by atoms with Gasteiger partial charge in [-0.05, 0) is 24.7 Å². The summed E-state index contributed by atoms with van der Waals surface area (Å²) in [5.41, 5.74) is 1.10. The average Bonchev–Trinajstić information content (AvgIpc) is 2.11. The number of hydrogen-bond donors (Lipinski definition) is 1. The van der Waals surface area contributed by atoms with Crippen LogP contribution < -0.4 is 5.32 Å². The van der Waals surface area contributed by atoms with E-state index >= 15 is 0 Å². The quantitative estimate of drug-likeness (QED) is 0.746. The zero-order valence-electron chi connectivity index (χ0n) is 8.60. The molecule has 1 rings (SSSR count). The fraction of sp³-hybridized carbons (Fsp3) is 0.455. The summed E-state index contributed by atoms with van der Waals surface area (Å²) in [6, 6.07) is 6.47. The molecule has 0 saturated heterocycles. The number of nitrogens with one attached hydrogen (secondary N) is 1. The van der Waals surface area contributed by atoms with Crippen molar-refractivity contribution in [2.75, 3.05) is 7.05 Å². The van der Waals surface area contributed by atoms with Crippen LogP contribution in [0.25, 0.3) is 0 Å². The summed E-state index contributed by atoms with van der Waals surface area (Å²) in [5.74, 6) is -0.181. The Morgan fingerprint density at radius 1 is 1.23 bits per heavy atom. The lowest BCUT2D eigenvalue weighted by atomic mass is 10.2. The SMILES string of the molecule is CCC.CNCc1ccc(F)cc1.[HH]. The minimum absolute atomic E-state index is 0. The summed E-state index contributed by atoms with van der Waals surface area (Å²) >= 11 is 0. The zero-order chi connectivity index (χ0) is 10.1. The second-order valence-electron chi connectivity index (χ2n) is 2.86. The molecule has 0 unspecified atom stereocenters. The van der Waals surface area contributed by atoms with Gasteiger partial charge in [-0.1, -0.05) is 32.4 Å². The highest BCUT2D eigenvalue weighted by molar-refractivity contribution is 5.15. The van der Waals surface area contributed by atoms with Crippen molar-refractivity contribution in [2.45, 2.75) is 26.8 Å². The molecule has 0 aromatic heterocycles. The Morgan fingerprint density at radius 2 is 1.69 bits per heavy atom. The van der Waals surface area contributed by atoms with Gasteiger partial charge in [0.2, 0.25) is 0 Å². The van der Waals surface area contributed by atoms with Crippen molar-refractivity contribution in [1.82, 2.24) is 5.32 Å². The van der Waals surface area contributed by atoms with E-state index in [4.69, 9.17) is 0 Å². The highest BCUT2D eigenvalue weighted by atomic mass is 19.1. The Balaban J connectivity index is 0. The summed E-state index contributed by atoms with van der Waals surface area (Å²) in [5, 5.41) is 2.98. The lowest BCUT2D eigenvalue weighted by molar-refractivity contribution is 0.626. The first-order valence-corrected chi connectivity index (χ1v) is 4.63. The third-order valence-electron chi connectivity index (χ3n) is 1.29. The van der Waals surface area contributed by atoms with Gasteiger partial charge in [0.25, 0.3) is 0 Å². The van der Waals surface area contributed by atoms with Gasteiger partial charge in [0.1, 0.15) is 5.82 Å². The van der Waals surface area contributed by atoms with Gasteiger partial charge in [-0.3, -0.25) is 0 Å². The molecule has 1 nitrogen and oxygen atoms in total. The summed E-state index contributed by atoms with van der Waals surface area (Å²) in [6.45, 7) is 5.04. The molecule has 0 fully saturated rings. The van der Waals surface area contributed by atoms with E-state index in [2.05, 4.69) is 19.2 Å². The zero-order valence-corrected chi connectivity index (χ0v) is 8.60. The highest BCUT2D eigenvalue weighted by Gasteiger charge is 1.89. The van der Waals surface area contributed by atoms with Crippen molar-refractivity contribution in [2.24, 2.45) is 0 Å².